The summed E-state index contributed by atoms with van der Waals surface area (Å²) in [7, 11) is 0. The molecule has 120 valence electrons. The van der Waals surface area contributed by atoms with Gasteiger partial charge in [0, 0.05) is 5.41 Å². The molecule has 3 atom stereocenters. The zero-order valence-corrected chi connectivity index (χ0v) is 13.6. The van der Waals surface area contributed by atoms with Gasteiger partial charge in [-0.05, 0) is 12.5 Å². The minimum Gasteiger partial charge on any atom is -0.345 e. The lowest BCUT2D eigenvalue weighted by Gasteiger charge is -2.54. The summed E-state index contributed by atoms with van der Waals surface area (Å²) in [6, 6.07) is 14.7. The van der Waals surface area contributed by atoms with Gasteiger partial charge in [-0.15, -0.1) is 0 Å². The van der Waals surface area contributed by atoms with Crippen LogP contribution in [0.2, 0.25) is 0 Å². The van der Waals surface area contributed by atoms with E-state index in [-0.39, 0.29) is 0 Å². The molecule has 3 rings (SSSR count). The highest BCUT2D eigenvalue weighted by Gasteiger charge is 2.82. The molecule has 2 heterocycles. The van der Waals surface area contributed by atoms with Crippen molar-refractivity contribution in [3.05, 3.63) is 35.9 Å². The van der Waals surface area contributed by atoms with Crippen LogP contribution in [0.25, 0.3) is 0 Å². The first-order chi connectivity index (χ1) is 11.3. The highest BCUT2D eigenvalue weighted by Crippen LogP contribution is 2.69. The summed E-state index contributed by atoms with van der Waals surface area (Å²) >= 11 is 0. The molecule has 2 bridgehead atoms. The van der Waals surface area contributed by atoms with Gasteiger partial charge < -0.3 is 10.1 Å². The lowest BCUT2D eigenvalue weighted by molar-refractivity contribution is -0.240. The van der Waals surface area contributed by atoms with Crippen LogP contribution in [-0.4, -0.2) is 11.6 Å². The van der Waals surface area contributed by atoms with E-state index in [2.05, 4.69) is 5.32 Å². The normalized spacial score (nSPS) is 35.2. The largest absolute Gasteiger partial charge is 0.345 e. The van der Waals surface area contributed by atoms with Gasteiger partial charge in [-0.1, -0.05) is 44.2 Å². The molecule has 1 N–H and O–H groups in total. The molecule has 2 aliphatic rings. The molecule has 0 spiro atoms. The number of nitrogens with one attached hydrogen (secondary N) is 1. The van der Waals surface area contributed by atoms with Crippen molar-refractivity contribution in [2.45, 2.75) is 32.6 Å². The molecule has 0 radical (unpaired) electrons. The summed E-state index contributed by atoms with van der Waals surface area (Å²) in [5.74, 6) is -0.640. The van der Waals surface area contributed by atoms with E-state index in [1.54, 1.807) is 51.1 Å². The fraction of sp³-hybridized carbons (Fsp3) is 0.444. The number of hydrogen-bond acceptors (Lipinski definition) is 5. The molecule has 24 heavy (non-hydrogen) atoms. The summed E-state index contributed by atoms with van der Waals surface area (Å²) < 4.78 is 6.13. The molecule has 0 aliphatic carbocycles. The van der Waals surface area contributed by atoms with Gasteiger partial charge in [0.1, 0.15) is 11.8 Å². The fourth-order valence-electron chi connectivity index (χ4n) is 4.01. The van der Waals surface area contributed by atoms with Crippen molar-refractivity contribution >= 4 is 5.91 Å². The van der Waals surface area contributed by atoms with Gasteiger partial charge in [0.2, 0.25) is 11.3 Å². The zero-order chi connectivity index (χ0) is 17.8. The van der Waals surface area contributed by atoms with Crippen LogP contribution >= 0.6 is 0 Å². The zero-order valence-electron chi connectivity index (χ0n) is 13.6. The van der Waals surface area contributed by atoms with E-state index >= 15 is 0 Å². The van der Waals surface area contributed by atoms with Crippen LogP contribution in [0.15, 0.2) is 30.3 Å². The quantitative estimate of drug-likeness (QED) is 0.852. The molecular weight excluding hydrogens is 304 g/mol. The molecule has 0 unspecified atom stereocenters. The molecule has 2 aliphatic heterocycles. The van der Waals surface area contributed by atoms with Crippen molar-refractivity contribution in [3.8, 4) is 18.2 Å². The number of ether oxygens (including phenoxy) is 1. The number of hydrogen-bond donors (Lipinski definition) is 1. The van der Waals surface area contributed by atoms with Gasteiger partial charge >= 0.3 is 0 Å². The van der Waals surface area contributed by atoms with Gasteiger partial charge in [-0.25, -0.2) is 0 Å². The third-order valence-electron chi connectivity index (χ3n) is 5.78. The molecule has 6 nitrogen and oxygen atoms in total. The first kappa shape index (κ1) is 16.0. The smallest absolute Gasteiger partial charge is 0.246 e. The number of rotatable bonds is 1. The lowest BCUT2D eigenvalue weighted by atomic mass is 9.48. The highest BCUT2D eigenvalue weighted by atomic mass is 16.5. The van der Waals surface area contributed by atoms with Crippen molar-refractivity contribution in [1.82, 2.24) is 5.32 Å². The van der Waals surface area contributed by atoms with E-state index in [1.807, 2.05) is 18.2 Å². The molecule has 1 aromatic carbocycles. The molecule has 1 amide bonds. The maximum absolute atomic E-state index is 12.8. The topological polar surface area (TPSA) is 110 Å². The monoisotopic (exact) mass is 320 g/mol. The Balaban J connectivity index is 2.39. The Bertz CT molecular complexity index is 829. The second kappa shape index (κ2) is 4.57. The third kappa shape index (κ3) is 1.39. The predicted molar refractivity (Wildman–Crippen MR) is 82.3 cm³/mol. The average Bonchev–Trinajstić information content (AvgIpc) is 2.67. The molecular formula is C18H16N4O2. The molecule has 1 aromatic rings. The Morgan fingerprint density at radius 1 is 1.04 bits per heavy atom. The lowest BCUT2D eigenvalue weighted by Crippen LogP contribution is -2.64. The van der Waals surface area contributed by atoms with Crippen molar-refractivity contribution in [3.63, 3.8) is 0 Å². The number of nitriles is 3. The minimum absolute atomic E-state index is 0.582. The van der Waals surface area contributed by atoms with E-state index in [0.29, 0.717) is 5.56 Å². The molecule has 6 heteroatoms. The van der Waals surface area contributed by atoms with Gasteiger partial charge in [0.25, 0.3) is 0 Å². The number of carbonyl (C=O) groups is 1. The molecule has 2 saturated heterocycles. The molecule has 0 aromatic heterocycles. The van der Waals surface area contributed by atoms with E-state index < -0.39 is 34.0 Å². The number of fused-ring (bicyclic) bond motifs is 2. The average molecular weight is 320 g/mol. The summed E-state index contributed by atoms with van der Waals surface area (Å²) in [5.41, 5.74) is -5.48. The Kier molecular flexibility index (Phi) is 3.05. The number of benzene rings is 1. The Morgan fingerprint density at radius 3 is 2.12 bits per heavy atom. The van der Waals surface area contributed by atoms with Crippen LogP contribution in [0.1, 0.15) is 32.4 Å². The Labute approximate surface area is 140 Å². The van der Waals surface area contributed by atoms with Crippen LogP contribution < -0.4 is 5.32 Å². The van der Waals surface area contributed by atoms with Crippen molar-refractivity contribution < 1.29 is 9.53 Å². The second-order valence-corrected chi connectivity index (χ2v) is 6.91. The van der Waals surface area contributed by atoms with Crippen molar-refractivity contribution in [2.24, 2.45) is 16.2 Å². The van der Waals surface area contributed by atoms with Crippen LogP contribution in [0.4, 0.5) is 0 Å². The highest BCUT2D eigenvalue weighted by molar-refractivity contribution is 5.93. The van der Waals surface area contributed by atoms with E-state index in [9.17, 15) is 20.6 Å². The number of carbonyl (C=O) groups excluding carboxylic acids is 1. The summed E-state index contributed by atoms with van der Waals surface area (Å²) in [6.45, 7) is 5.04. The Hall–Kier alpha value is -2.88. The standard InChI is InChI=1S/C18H16N4O2/c1-15(2)16(3)22-14(23)18(15,11-21)17(9-19,10-20)13(24-16)12-7-5-4-6-8-12/h4-8,13H,1-3H3,(H,22,23)/t13-,16-,18-/m0/s1. The molecule has 2 fully saturated rings. The van der Waals surface area contributed by atoms with E-state index in [1.165, 1.54) is 0 Å². The summed E-state index contributed by atoms with van der Waals surface area (Å²) in [6.07, 6.45) is -1.02. The van der Waals surface area contributed by atoms with Crippen LogP contribution in [0.5, 0.6) is 0 Å². The van der Waals surface area contributed by atoms with Gasteiger partial charge in [-0.2, -0.15) is 15.8 Å². The van der Waals surface area contributed by atoms with Crippen LogP contribution in [0, 0.1) is 50.2 Å². The fourth-order valence-corrected chi connectivity index (χ4v) is 4.01. The number of nitrogens with zero attached hydrogens (tertiary/aromatic N) is 3. The summed E-state index contributed by atoms with van der Waals surface area (Å²) in [5, 5.41) is 32.6. The predicted octanol–water partition coefficient (Wildman–Crippen LogP) is 2.17. The van der Waals surface area contributed by atoms with E-state index in [4.69, 9.17) is 4.74 Å². The van der Waals surface area contributed by atoms with Crippen molar-refractivity contribution in [2.75, 3.05) is 0 Å². The third-order valence-corrected chi connectivity index (χ3v) is 5.78. The van der Waals surface area contributed by atoms with Crippen molar-refractivity contribution in [1.29, 1.82) is 15.8 Å². The van der Waals surface area contributed by atoms with Crippen LogP contribution in [0.3, 0.4) is 0 Å². The first-order valence-corrected chi connectivity index (χ1v) is 7.55. The van der Waals surface area contributed by atoms with Crippen LogP contribution in [-0.2, 0) is 9.53 Å². The summed E-state index contributed by atoms with van der Waals surface area (Å²) in [4.78, 5) is 12.8. The second-order valence-electron chi connectivity index (χ2n) is 6.91. The number of amides is 1. The van der Waals surface area contributed by atoms with Gasteiger partial charge in [0.15, 0.2) is 5.41 Å². The maximum atomic E-state index is 12.8. The SMILES string of the molecule is CC1(C)[C@]2(C#N)C(=O)N[C@@]1(C)O[C@@H](c1ccccc1)C2(C#N)C#N. The van der Waals surface area contributed by atoms with E-state index in [0.717, 1.165) is 0 Å². The van der Waals surface area contributed by atoms with Gasteiger partial charge in [-0.3, -0.25) is 4.79 Å². The minimum atomic E-state index is -1.97. The maximum Gasteiger partial charge on any atom is 0.246 e. The molecule has 0 saturated carbocycles. The first-order valence-electron chi connectivity index (χ1n) is 7.55. The Morgan fingerprint density at radius 2 is 1.62 bits per heavy atom. The van der Waals surface area contributed by atoms with Gasteiger partial charge in [0.05, 0.1) is 18.2 Å².